The molecule has 2 aliphatic heterocycles. The van der Waals surface area contributed by atoms with Crippen LogP contribution in [0.15, 0.2) is 47.9 Å². The van der Waals surface area contributed by atoms with Gasteiger partial charge in [0.25, 0.3) is 0 Å². The van der Waals surface area contributed by atoms with Crippen molar-refractivity contribution in [3.8, 4) is 23.3 Å². The van der Waals surface area contributed by atoms with Gasteiger partial charge in [0, 0.05) is 11.6 Å². The average Bonchev–Trinajstić information content (AvgIpc) is 3.06. The molecule has 126 valence electrons. The maximum absolute atomic E-state index is 9.63. The van der Waals surface area contributed by atoms with Crippen LogP contribution in [0.25, 0.3) is 0 Å². The van der Waals surface area contributed by atoms with Crippen LogP contribution < -0.4 is 19.9 Å². The molecule has 1 atom stereocenters. The Morgan fingerprint density at radius 1 is 1.08 bits per heavy atom. The molecule has 0 bridgehead atoms. The molecule has 5 heteroatoms. The standard InChI is InChI=1S/C20H18N2O3/c1-11(2)12-3-5-13(6-4-12)19-14-7-17-18(24-10-23-17)8-16(14)25-20(22)15(19)9-21/h3-8,11,19H,10,22H2,1-2H3/t19-/m1/s1. The highest BCUT2D eigenvalue weighted by atomic mass is 16.7. The minimum Gasteiger partial charge on any atom is -0.454 e. The van der Waals surface area contributed by atoms with Gasteiger partial charge >= 0.3 is 0 Å². The third-order valence-corrected chi connectivity index (χ3v) is 4.65. The van der Waals surface area contributed by atoms with E-state index in [0.717, 1.165) is 11.1 Å². The van der Waals surface area contributed by atoms with Crippen molar-refractivity contribution < 1.29 is 14.2 Å². The Bertz CT molecular complexity index is 908. The third-order valence-electron chi connectivity index (χ3n) is 4.65. The van der Waals surface area contributed by atoms with E-state index in [1.165, 1.54) is 5.56 Å². The maximum Gasteiger partial charge on any atom is 0.231 e. The molecule has 0 saturated carbocycles. The Kier molecular flexibility index (Phi) is 3.54. The fourth-order valence-corrected chi connectivity index (χ4v) is 3.26. The van der Waals surface area contributed by atoms with Crippen LogP contribution in [0.4, 0.5) is 0 Å². The quantitative estimate of drug-likeness (QED) is 0.905. The van der Waals surface area contributed by atoms with Crippen LogP contribution in [-0.4, -0.2) is 6.79 Å². The molecule has 25 heavy (non-hydrogen) atoms. The summed E-state index contributed by atoms with van der Waals surface area (Å²) in [6, 6.07) is 14.1. The van der Waals surface area contributed by atoms with Crippen LogP contribution in [-0.2, 0) is 0 Å². The lowest BCUT2D eigenvalue weighted by Crippen LogP contribution is -2.21. The van der Waals surface area contributed by atoms with Crippen molar-refractivity contribution in [3.63, 3.8) is 0 Å². The van der Waals surface area contributed by atoms with Crippen molar-refractivity contribution in [2.24, 2.45) is 5.73 Å². The average molecular weight is 334 g/mol. The normalized spacial score (nSPS) is 17.9. The molecule has 0 aromatic heterocycles. The summed E-state index contributed by atoms with van der Waals surface area (Å²) in [5, 5.41) is 9.63. The van der Waals surface area contributed by atoms with Gasteiger partial charge in [-0.25, -0.2) is 0 Å². The summed E-state index contributed by atoms with van der Waals surface area (Å²) < 4.78 is 16.6. The highest BCUT2D eigenvalue weighted by Gasteiger charge is 2.33. The van der Waals surface area contributed by atoms with Crippen molar-refractivity contribution in [2.45, 2.75) is 25.7 Å². The summed E-state index contributed by atoms with van der Waals surface area (Å²) in [4.78, 5) is 0. The van der Waals surface area contributed by atoms with Crippen molar-refractivity contribution in [3.05, 3.63) is 64.5 Å². The summed E-state index contributed by atoms with van der Waals surface area (Å²) in [5.41, 5.74) is 9.52. The van der Waals surface area contributed by atoms with Gasteiger partial charge in [0.1, 0.15) is 17.4 Å². The van der Waals surface area contributed by atoms with E-state index in [1.54, 1.807) is 6.07 Å². The van der Waals surface area contributed by atoms with Crippen LogP contribution in [0, 0.1) is 11.3 Å². The molecule has 0 amide bonds. The molecule has 5 nitrogen and oxygen atoms in total. The Hall–Kier alpha value is -3.13. The number of fused-ring (bicyclic) bond motifs is 2. The smallest absolute Gasteiger partial charge is 0.231 e. The molecule has 4 rings (SSSR count). The molecule has 0 unspecified atom stereocenters. The van der Waals surface area contributed by atoms with Gasteiger partial charge in [0.15, 0.2) is 11.5 Å². The Labute approximate surface area is 146 Å². The summed E-state index contributed by atoms with van der Waals surface area (Å²) in [6.07, 6.45) is 0. The van der Waals surface area contributed by atoms with Gasteiger partial charge in [-0.15, -0.1) is 0 Å². The number of nitrogens with zero attached hydrogens (tertiary/aromatic N) is 1. The molecule has 2 heterocycles. The lowest BCUT2D eigenvalue weighted by Gasteiger charge is -2.27. The van der Waals surface area contributed by atoms with E-state index in [1.807, 2.05) is 18.2 Å². The zero-order chi connectivity index (χ0) is 17.6. The highest BCUT2D eigenvalue weighted by molar-refractivity contribution is 5.61. The monoisotopic (exact) mass is 334 g/mol. The molecule has 2 aromatic carbocycles. The number of nitrogens with two attached hydrogens (primary N) is 1. The fraction of sp³-hybridized carbons (Fsp3) is 0.250. The van der Waals surface area contributed by atoms with E-state index in [4.69, 9.17) is 19.9 Å². The first kappa shape index (κ1) is 15.4. The largest absolute Gasteiger partial charge is 0.454 e. The van der Waals surface area contributed by atoms with Gasteiger partial charge in [-0.3, -0.25) is 0 Å². The Balaban J connectivity index is 1.86. The maximum atomic E-state index is 9.63. The number of hydrogen-bond donors (Lipinski definition) is 1. The Morgan fingerprint density at radius 3 is 2.40 bits per heavy atom. The van der Waals surface area contributed by atoms with Crippen LogP contribution in [0.2, 0.25) is 0 Å². The predicted octanol–water partition coefficient (Wildman–Crippen LogP) is 3.76. The van der Waals surface area contributed by atoms with Crippen molar-refractivity contribution in [1.82, 2.24) is 0 Å². The molecule has 2 N–H and O–H groups in total. The lowest BCUT2D eigenvalue weighted by molar-refractivity contribution is 0.174. The topological polar surface area (TPSA) is 77.5 Å². The third kappa shape index (κ3) is 2.47. The number of hydrogen-bond acceptors (Lipinski definition) is 5. The molecular weight excluding hydrogens is 316 g/mol. The Morgan fingerprint density at radius 2 is 1.76 bits per heavy atom. The fourth-order valence-electron chi connectivity index (χ4n) is 3.26. The number of nitriles is 1. The first-order valence-corrected chi connectivity index (χ1v) is 8.19. The molecule has 2 aromatic rings. The molecule has 0 spiro atoms. The molecular formula is C20H18N2O3. The molecule has 0 saturated heterocycles. The zero-order valence-electron chi connectivity index (χ0n) is 14.1. The van der Waals surface area contributed by atoms with E-state index in [9.17, 15) is 5.26 Å². The van der Waals surface area contributed by atoms with Gasteiger partial charge in [0.05, 0.1) is 5.92 Å². The van der Waals surface area contributed by atoms with Gasteiger partial charge in [-0.2, -0.15) is 5.26 Å². The molecule has 0 aliphatic carbocycles. The predicted molar refractivity (Wildman–Crippen MR) is 92.4 cm³/mol. The SMILES string of the molecule is CC(C)c1ccc([C@H]2C(C#N)=C(N)Oc3cc4c(cc32)OCO4)cc1. The summed E-state index contributed by atoms with van der Waals surface area (Å²) in [5.74, 6) is 2.17. The second kappa shape index (κ2) is 5.75. The van der Waals surface area contributed by atoms with E-state index < -0.39 is 0 Å². The van der Waals surface area contributed by atoms with E-state index >= 15 is 0 Å². The lowest BCUT2D eigenvalue weighted by atomic mass is 9.82. The number of benzene rings is 2. The molecule has 0 radical (unpaired) electrons. The van der Waals surface area contributed by atoms with Crippen molar-refractivity contribution >= 4 is 0 Å². The number of allylic oxidation sites excluding steroid dienone is 1. The summed E-state index contributed by atoms with van der Waals surface area (Å²) in [7, 11) is 0. The van der Waals surface area contributed by atoms with Gasteiger partial charge in [0.2, 0.25) is 12.7 Å². The van der Waals surface area contributed by atoms with Gasteiger partial charge in [-0.05, 0) is 23.1 Å². The first-order valence-electron chi connectivity index (χ1n) is 8.19. The van der Waals surface area contributed by atoms with Crippen molar-refractivity contribution in [2.75, 3.05) is 6.79 Å². The van der Waals surface area contributed by atoms with Gasteiger partial charge < -0.3 is 19.9 Å². The minimum absolute atomic E-state index is 0.131. The van der Waals surface area contributed by atoms with Crippen molar-refractivity contribution in [1.29, 1.82) is 5.26 Å². The second-order valence-corrected chi connectivity index (χ2v) is 6.49. The first-order chi connectivity index (χ1) is 12.1. The second-order valence-electron chi connectivity index (χ2n) is 6.49. The number of ether oxygens (including phenoxy) is 3. The van der Waals surface area contributed by atoms with Crippen LogP contribution in [0.1, 0.15) is 42.4 Å². The number of rotatable bonds is 2. The minimum atomic E-state index is -0.288. The van der Waals surface area contributed by atoms with E-state index in [2.05, 4.69) is 32.0 Å². The van der Waals surface area contributed by atoms with Crippen LogP contribution in [0.5, 0.6) is 17.2 Å². The van der Waals surface area contributed by atoms with Crippen LogP contribution >= 0.6 is 0 Å². The summed E-state index contributed by atoms with van der Waals surface area (Å²) in [6.45, 7) is 4.48. The van der Waals surface area contributed by atoms with Crippen LogP contribution in [0.3, 0.4) is 0 Å². The van der Waals surface area contributed by atoms with E-state index in [0.29, 0.717) is 28.7 Å². The van der Waals surface area contributed by atoms with E-state index in [-0.39, 0.29) is 18.6 Å². The van der Waals surface area contributed by atoms with Gasteiger partial charge in [-0.1, -0.05) is 38.1 Å². The molecule has 0 fully saturated rings. The summed E-state index contributed by atoms with van der Waals surface area (Å²) >= 11 is 0. The highest BCUT2D eigenvalue weighted by Crippen LogP contribution is 2.47. The zero-order valence-corrected chi connectivity index (χ0v) is 14.1. The molecule has 2 aliphatic rings.